The molecule has 1 unspecified atom stereocenters. The fourth-order valence-corrected chi connectivity index (χ4v) is 7.30. The lowest BCUT2D eigenvalue weighted by atomic mass is 10.0. The zero-order chi connectivity index (χ0) is 15.0. The topological polar surface area (TPSA) is 9.23 Å². The predicted molar refractivity (Wildman–Crippen MR) is 90.4 cm³/mol. The molecule has 110 valence electrons. The first kappa shape index (κ1) is 15.5. The fourth-order valence-electron chi connectivity index (χ4n) is 3.42. The first-order chi connectivity index (χ1) is 9.19. The Hall–Kier alpha value is -0.863. The van der Waals surface area contributed by atoms with Crippen molar-refractivity contribution in [2.45, 2.75) is 64.5 Å². The lowest BCUT2D eigenvalue weighted by molar-refractivity contribution is -0.0716. The standard InChI is InChI=1S/C18H28OSi/c1-15-11-9-10-14-18(15,19-17(2,3)4)20(5,6)16-12-7-8-13-16/h7,9-13H,8,14H2,1-6H3. The summed E-state index contributed by atoms with van der Waals surface area (Å²) >= 11 is 0. The van der Waals surface area contributed by atoms with Gasteiger partial charge in [-0.2, -0.15) is 0 Å². The van der Waals surface area contributed by atoms with Gasteiger partial charge in [-0.25, -0.2) is 0 Å². The summed E-state index contributed by atoms with van der Waals surface area (Å²) in [5, 5.41) is 1.41. The molecule has 2 rings (SSSR count). The van der Waals surface area contributed by atoms with Crippen molar-refractivity contribution in [3.63, 3.8) is 0 Å². The Morgan fingerprint density at radius 2 is 1.90 bits per heavy atom. The van der Waals surface area contributed by atoms with Gasteiger partial charge in [-0.1, -0.05) is 54.7 Å². The van der Waals surface area contributed by atoms with Crippen LogP contribution in [-0.4, -0.2) is 18.9 Å². The van der Waals surface area contributed by atoms with E-state index in [9.17, 15) is 0 Å². The van der Waals surface area contributed by atoms with Crippen LogP contribution >= 0.6 is 0 Å². The van der Waals surface area contributed by atoms with Crippen molar-refractivity contribution in [3.8, 4) is 0 Å². The first-order valence-electron chi connectivity index (χ1n) is 7.60. The number of rotatable bonds is 3. The van der Waals surface area contributed by atoms with E-state index in [1.165, 1.54) is 10.8 Å². The van der Waals surface area contributed by atoms with Crippen LogP contribution in [0, 0.1) is 0 Å². The van der Waals surface area contributed by atoms with E-state index in [4.69, 9.17) is 4.74 Å². The van der Waals surface area contributed by atoms with Crippen molar-refractivity contribution >= 4 is 8.07 Å². The van der Waals surface area contributed by atoms with Gasteiger partial charge in [0.15, 0.2) is 0 Å². The Morgan fingerprint density at radius 3 is 2.40 bits per heavy atom. The van der Waals surface area contributed by atoms with Crippen LogP contribution in [0.1, 0.15) is 40.5 Å². The van der Waals surface area contributed by atoms with Crippen molar-refractivity contribution in [3.05, 3.63) is 47.2 Å². The van der Waals surface area contributed by atoms with Crippen molar-refractivity contribution in [1.82, 2.24) is 0 Å². The molecule has 0 spiro atoms. The summed E-state index contributed by atoms with van der Waals surface area (Å²) < 4.78 is 6.72. The summed E-state index contributed by atoms with van der Waals surface area (Å²) in [4.78, 5) is 0. The Bertz CT molecular complexity index is 500. The van der Waals surface area contributed by atoms with Gasteiger partial charge >= 0.3 is 0 Å². The van der Waals surface area contributed by atoms with Gasteiger partial charge in [-0.05, 0) is 46.1 Å². The highest BCUT2D eigenvalue weighted by Crippen LogP contribution is 2.45. The molecule has 1 atom stereocenters. The molecule has 0 heterocycles. The van der Waals surface area contributed by atoms with Gasteiger partial charge in [0.05, 0.1) is 10.8 Å². The van der Waals surface area contributed by atoms with Crippen LogP contribution in [0.2, 0.25) is 13.1 Å². The van der Waals surface area contributed by atoms with Gasteiger partial charge in [0, 0.05) is 0 Å². The van der Waals surface area contributed by atoms with Crippen LogP contribution in [0.3, 0.4) is 0 Å². The van der Waals surface area contributed by atoms with Crippen molar-refractivity contribution < 1.29 is 4.74 Å². The number of hydrogen-bond acceptors (Lipinski definition) is 1. The van der Waals surface area contributed by atoms with Gasteiger partial charge in [-0.3, -0.25) is 0 Å². The molecular formula is C18H28OSi. The van der Waals surface area contributed by atoms with Gasteiger partial charge in [0.1, 0.15) is 8.07 Å². The van der Waals surface area contributed by atoms with Crippen LogP contribution in [0.25, 0.3) is 0 Å². The third-order valence-electron chi connectivity index (χ3n) is 4.51. The second-order valence-electron chi connectivity index (χ2n) is 7.45. The van der Waals surface area contributed by atoms with Crippen LogP contribution in [0.5, 0.6) is 0 Å². The summed E-state index contributed by atoms with van der Waals surface area (Å²) in [5.41, 5.74) is 1.25. The van der Waals surface area contributed by atoms with Gasteiger partial charge in [0.25, 0.3) is 0 Å². The van der Waals surface area contributed by atoms with Crippen LogP contribution in [0.15, 0.2) is 47.2 Å². The lowest BCUT2D eigenvalue weighted by Gasteiger charge is -2.50. The van der Waals surface area contributed by atoms with Gasteiger partial charge < -0.3 is 4.74 Å². The maximum Gasteiger partial charge on any atom is 0.122 e. The second kappa shape index (κ2) is 5.16. The van der Waals surface area contributed by atoms with Gasteiger partial charge in [0.2, 0.25) is 0 Å². The molecule has 0 N–H and O–H groups in total. The third-order valence-corrected chi connectivity index (χ3v) is 9.04. The molecule has 0 saturated carbocycles. The van der Waals surface area contributed by atoms with Crippen molar-refractivity contribution in [2.75, 3.05) is 0 Å². The molecule has 0 bridgehead atoms. The highest BCUT2D eigenvalue weighted by molar-refractivity contribution is 6.88. The molecule has 0 aromatic heterocycles. The minimum atomic E-state index is -1.76. The van der Waals surface area contributed by atoms with Crippen molar-refractivity contribution in [2.24, 2.45) is 0 Å². The molecule has 0 amide bonds. The predicted octanol–water partition coefficient (Wildman–Crippen LogP) is 5.12. The SMILES string of the molecule is CC1=CC=CCC1(OC(C)(C)C)[Si](C)(C)C1=CCC=C1. The van der Waals surface area contributed by atoms with Crippen molar-refractivity contribution in [1.29, 1.82) is 0 Å². The Morgan fingerprint density at radius 1 is 1.20 bits per heavy atom. The average Bonchev–Trinajstić information content (AvgIpc) is 2.84. The normalized spacial score (nSPS) is 26.7. The Kier molecular flexibility index (Phi) is 4.00. The number of hydrogen-bond donors (Lipinski definition) is 0. The fraction of sp³-hybridized carbons (Fsp3) is 0.556. The number of allylic oxidation sites excluding steroid dienone is 6. The van der Waals surface area contributed by atoms with Crippen LogP contribution < -0.4 is 0 Å². The maximum atomic E-state index is 6.72. The molecule has 0 saturated heterocycles. The largest absolute Gasteiger partial charge is 0.368 e. The minimum absolute atomic E-state index is 0.124. The quantitative estimate of drug-likeness (QED) is 0.655. The molecule has 0 aliphatic heterocycles. The molecule has 1 nitrogen and oxygen atoms in total. The van der Waals surface area contributed by atoms with E-state index in [1.807, 2.05) is 0 Å². The molecule has 0 aromatic carbocycles. The van der Waals surface area contributed by atoms with Gasteiger partial charge in [-0.15, -0.1) is 0 Å². The molecule has 2 aliphatic carbocycles. The zero-order valence-corrected chi connectivity index (χ0v) is 14.8. The number of ether oxygens (including phenoxy) is 1. The van der Waals surface area contributed by atoms with Crippen LogP contribution in [0.4, 0.5) is 0 Å². The summed E-state index contributed by atoms with van der Waals surface area (Å²) in [5.74, 6) is 0. The molecule has 20 heavy (non-hydrogen) atoms. The van der Waals surface area contributed by atoms with Crippen LogP contribution in [-0.2, 0) is 4.74 Å². The summed E-state index contributed by atoms with van der Waals surface area (Å²) in [6.07, 6.45) is 15.7. The highest BCUT2D eigenvalue weighted by Gasteiger charge is 2.52. The Labute approximate surface area is 125 Å². The molecular weight excluding hydrogens is 260 g/mol. The van der Waals surface area contributed by atoms with E-state index in [0.29, 0.717) is 0 Å². The molecule has 2 aliphatic rings. The van der Waals surface area contributed by atoms with E-state index >= 15 is 0 Å². The third kappa shape index (κ3) is 2.64. The minimum Gasteiger partial charge on any atom is -0.368 e. The van der Waals surface area contributed by atoms with E-state index in [1.54, 1.807) is 0 Å². The molecule has 0 aromatic rings. The molecule has 0 radical (unpaired) electrons. The summed E-state index contributed by atoms with van der Waals surface area (Å²) in [6.45, 7) is 13.7. The van der Waals surface area contributed by atoms with E-state index in [-0.39, 0.29) is 10.8 Å². The summed E-state index contributed by atoms with van der Waals surface area (Å²) in [7, 11) is -1.76. The smallest absolute Gasteiger partial charge is 0.122 e. The molecule has 0 fully saturated rings. The monoisotopic (exact) mass is 288 g/mol. The zero-order valence-electron chi connectivity index (χ0n) is 13.8. The average molecular weight is 289 g/mol. The second-order valence-corrected chi connectivity index (χ2v) is 12.1. The summed E-state index contributed by atoms with van der Waals surface area (Å²) in [6, 6.07) is 0. The maximum absolute atomic E-state index is 6.72. The molecule has 2 heteroatoms. The lowest BCUT2D eigenvalue weighted by Crippen LogP contribution is -2.60. The van der Waals surface area contributed by atoms with E-state index in [2.05, 4.69) is 77.2 Å². The Balaban J connectivity index is 2.49. The highest BCUT2D eigenvalue weighted by atomic mass is 28.3. The first-order valence-corrected chi connectivity index (χ1v) is 10.6. The van der Waals surface area contributed by atoms with E-state index < -0.39 is 8.07 Å². The van der Waals surface area contributed by atoms with E-state index in [0.717, 1.165) is 12.8 Å².